The first kappa shape index (κ1) is 25.8. The van der Waals surface area contributed by atoms with Gasteiger partial charge >= 0.3 is 0 Å². The molecule has 0 saturated carbocycles. The molecule has 0 radical (unpaired) electrons. The molecule has 0 saturated heterocycles. The highest BCUT2D eigenvalue weighted by Gasteiger charge is 2.29. The van der Waals surface area contributed by atoms with E-state index in [0.717, 1.165) is 5.56 Å². The van der Waals surface area contributed by atoms with Gasteiger partial charge in [0.05, 0.1) is 10.5 Å². The first-order chi connectivity index (χ1) is 14.7. The summed E-state index contributed by atoms with van der Waals surface area (Å²) in [5.74, 6) is -0.185. The van der Waals surface area contributed by atoms with Gasteiger partial charge in [-0.2, -0.15) is 0 Å². The Bertz CT molecular complexity index is 1050. The maximum absolute atomic E-state index is 12.9. The van der Waals surface area contributed by atoms with Crippen LogP contribution in [0, 0.1) is 0 Å². The molecule has 0 atom stereocenters. The Morgan fingerprint density at radius 3 is 1.91 bits per heavy atom. The molecule has 0 aliphatic rings. The van der Waals surface area contributed by atoms with Crippen molar-refractivity contribution in [2.75, 3.05) is 0 Å². The highest BCUT2D eigenvalue weighted by atomic mass is 32.2. The molecular weight excluding hydrogens is 422 g/mol. The Kier molecular flexibility index (Phi) is 8.05. The predicted molar refractivity (Wildman–Crippen MR) is 130 cm³/mol. The minimum Gasteiger partial charge on any atom is -0.334 e. The van der Waals surface area contributed by atoms with E-state index in [2.05, 4.69) is 0 Å². The number of hydrogen-bond donors (Lipinski definition) is 0. The second-order valence-electron chi connectivity index (χ2n) is 9.77. The maximum atomic E-state index is 12.9. The summed E-state index contributed by atoms with van der Waals surface area (Å²) in [5, 5.41) is 0. The Morgan fingerprint density at radius 1 is 0.844 bits per heavy atom. The van der Waals surface area contributed by atoms with Gasteiger partial charge in [0, 0.05) is 29.6 Å². The summed E-state index contributed by atoms with van der Waals surface area (Å²) >= 11 is 0. The van der Waals surface area contributed by atoms with Gasteiger partial charge in [0.25, 0.3) is 5.91 Å². The third-order valence-electron chi connectivity index (χ3n) is 5.45. The largest absolute Gasteiger partial charge is 0.334 e. The van der Waals surface area contributed by atoms with E-state index >= 15 is 0 Å². The van der Waals surface area contributed by atoms with Crippen molar-refractivity contribution in [3.05, 3.63) is 70.8 Å². The van der Waals surface area contributed by atoms with Crippen LogP contribution in [0.1, 0.15) is 80.3 Å². The van der Waals surface area contributed by atoms with Crippen molar-refractivity contribution < 1.29 is 18.0 Å². The van der Waals surface area contributed by atoms with Crippen LogP contribution in [-0.2, 0) is 22.0 Å². The number of carbonyl (C=O) groups is 2. The molecule has 174 valence electrons. The van der Waals surface area contributed by atoms with Gasteiger partial charge in [-0.1, -0.05) is 36.4 Å². The average molecular weight is 458 g/mol. The Morgan fingerprint density at radius 2 is 1.41 bits per heavy atom. The topological polar surface area (TPSA) is 71.5 Å². The number of rotatable bonds is 8. The van der Waals surface area contributed by atoms with Crippen LogP contribution >= 0.6 is 0 Å². The second kappa shape index (κ2) is 9.99. The Balaban J connectivity index is 2.15. The van der Waals surface area contributed by atoms with Gasteiger partial charge in [0.1, 0.15) is 0 Å². The van der Waals surface area contributed by atoms with Crippen molar-refractivity contribution in [3.8, 4) is 0 Å². The van der Waals surface area contributed by atoms with Gasteiger partial charge in [0.15, 0.2) is 15.6 Å². The monoisotopic (exact) mass is 457 g/mol. The number of benzene rings is 2. The number of nitrogens with zero attached hydrogens (tertiary/aromatic N) is 1. The van der Waals surface area contributed by atoms with Crippen LogP contribution in [0.5, 0.6) is 0 Å². The Labute approximate surface area is 192 Å². The summed E-state index contributed by atoms with van der Waals surface area (Å²) in [7, 11) is -3.29. The first-order valence-electron chi connectivity index (χ1n) is 11.0. The molecule has 0 spiro atoms. The third-order valence-corrected chi connectivity index (χ3v) is 8.03. The fourth-order valence-corrected chi connectivity index (χ4v) is 4.60. The van der Waals surface area contributed by atoms with Crippen LogP contribution in [0.4, 0.5) is 0 Å². The number of amides is 1. The zero-order chi connectivity index (χ0) is 24.3. The number of ketones is 1. The zero-order valence-corrected chi connectivity index (χ0v) is 21.0. The normalized spacial score (nSPS) is 12.3. The van der Waals surface area contributed by atoms with Crippen LogP contribution in [0.15, 0.2) is 48.5 Å². The molecule has 0 N–H and O–H groups in total. The molecule has 2 rings (SSSR count). The van der Waals surface area contributed by atoms with Crippen molar-refractivity contribution in [1.29, 1.82) is 0 Å². The Hall–Kier alpha value is -2.47. The summed E-state index contributed by atoms with van der Waals surface area (Å²) in [6.45, 7) is 13.0. The molecule has 0 unspecified atom stereocenters. The molecule has 0 aliphatic heterocycles. The summed E-state index contributed by atoms with van der Waals surface area (Å²) in [6.07, 6.45) is 0.171. The predicted octanol–water partition coefficient (Wildman–Crippen LogP) is 5.08. The standard InChI is InChI=1S/C26H35NO4S/c1-18(2)27(19(3)4)25(29)23-10-8-9-21(15-23)16-24(28)22-13-11-20(12-14-22)17-32(30,31)26(5,6)7/h8-15,18-19H,16-17H2,1-7H3. The highest BCUT2D eigenvalue weighted by molar-refractivity contribution is 7.91. The van der Waals surface area contributed by atoms with Crippen molar-refractivity contribution in [3.63, 3.8) is 0 Å². The van der Waals surface area contributed by atoms with Gasteiger partial charge < -0.3 is 4.90 Å². The van der Waals surface area contributed by atoms with Crippen LogP contribution in [-0.4, -0.2) is 41.8 Å². The first-order valence-corrected chi connectivity index (χ1v) is 12.6. The van der Waals surface area contributed by atoms with Crippen molar-refractivity contribution in [2.45, 2.75) is 77.5 Å². The van der Waals surface area contributed by atoms with E-state index in [0.29, 0.717) is 16.7 Å². The fraction of sp³-hybridized carbons (Fsp3) is 0.462. The van der Waals surface area contributed by atoms with E-state index in [1.807, 2.05) is 38.7 Å². The minimum atomic E-state index is -3.29. The summed E-state index contributed by atoms with van der Waals surface area (Å²) in [4.78, 5) is 27.6. The van der Waals surface area contributed by atoms with Gasteiger partial charge in [-0.25, -0.2) is 8.42 Å². The lowest BCUT2D eigenvalue weighted by atomic mass is 10.00. The molecule has 2 aromatic carbocycles. The van der Waals surface area contributed by atoms with E-state index in [1.165, 1.54) is 0 Å². The van der Waals surface area contributed by atoms with Crippen molar-refractivity contribution in [1.82, 2.24) is 4.90 Å². The SMILES string of the molecule is CC(C)N(C(=O)c1cccc(CC(=O)c2ccc(CS(=O)(=O)C(C)(C)C)cc2)c1)C(C)C. The van der Waals surface area contributed by atoms with Gasteiger partial charge in [-0.3, -0.25) is 9.59 Å². The molecular formula is C26H35NO4S. The summed E-state index contributed by atoms with van der Waals surface area (Å²) < 4.78 is 24.0. The van der Waals surface area contributed by atoms with E-state index < -0.39 is 14.6 Å². The van der Waals surface area contributed by atoms with Gasteiger partial charge in [0.2, 0.25) is 0 Å². The van der Waals surface area contributed by atoms with Gasteiger partial charge in [-0.05, 0) is 71.7 Å². The number of carbonyl (C=O) groups excluding carboxylic acids is 2. The third kappa shape index (κ3) is 6.28. The molecule has 1 amide bonds. The lowest BCUT2D eigenvalue weighted by Crippen LogP contribution is -2.42. The molecule has 0 fully saturated rings. The molecule has 6 heteroatoms. The smallest absolute Gasteiger partial charge is 0.254 e. The fourth-order valence-electron chi connectivity index (χ4n) is 3.54. The molecule has 2 aromatic rings. The molecule has 5 nitrogen and oxygen atoms in total. The van der Waals surface area contributed by atoms with E-state index in [9.17, 15) is 18.0 Å². The van der Waals surface area contributed by atoms with E-state index in [1.54, 1.807) is 63.2 Å². The van der Waals surface area contributed by atoms with Crippen molar-refractivity contribution >= 4 is 21.5 Å². The summed E-state index contributed by atoms with van der Waals surface area (Å²) in [6, 6.07) is 14.1. The van der Waals surface area contributed by atoms with Crippen LogP contribution in [0.3, 0.4) is 0 Å². The van der Waals surface area contributed by atoms with E-state index in [-0.39, 0.29) is 35.9 Å². The molecule has 0 aromatic heterocycles. The minimum absolute atomic E-state index is 0.0475. The van der Waals surface area contributed by atoms with Crippen LogP contribution < -0.4 is 0 Å². The second-order valence-corrected chi connectivity index (χ2v) is 12.5. The van der Waals surface area contributed by atoms with Crippen molar-refractivity contribution in [2.24, 2.45) is 0 Å². The maximum Gasteiger partial charge on any atom is 0.254 e. The number of hydrogen-bond acceptors (Lipinski definition) is 4. The quantitative estimate of drug-likeness (QED) is 0.518. The zero-order valence-electron chi connectivity index (χ0n) is 20.2. The highest BCUT2D eigenvalue weighted by Crippen LogP contribution is 2.21. The number of sulfone groups is 1. The lowest BCUT2D eigenvalue weighted by Gasteiger charge is -2.31. The number of Topliss-reactive ketones (excluding diaryl/α,β-unsaturated/α-hetero) is 1. The average Bonchev–Trinajstić information content (AvgIpc) is 2.67. The lowest BCUT2D eigenvalue weighted by molar-refractivity contribution is 0.0643. The molecule has 0 heterocycles. The van der Waals surface area contributed by atoms with E-state index in [4.69, 9.17) is 0 Å². The van der Waals surface area contributed by atoms with Gasteiger partial charge in [-0.15, -0.1) is 0 Å². The molecule has 0 bridgehead atoms. The molecule has 0 aliphatic carbocycles. The molecule has 32 heavy (non-hydrogen) atoms. The summed E-state index contributed by atoms with van der Waals surface area (Å²) in [5.41, 5.74) is 2.52. The van der Waals surface area contributed by atoms with Crippen LogP contribution in [0.2, 0.25) is 0 Å². The van der Waals surface area contributed by atoms with Crippen LogP contribution in [0.25, 0.3) is 0 Å².